The highest BCUT2D eigenvalue weighted by atomic mass is 16.5. The van der Waals surface area contributed by atoms with Crippen LogP contribution < -0.4 is 31.3 Å². The van der Waals surface area contributed by atoms with Gasteiger partial charge in [-0.15, -0.1) is 0 Å². The molecule has 586 valence electrons. The first-order valence-electron chi connectivity index (χ1n) is 37.2. The number of methoxy groups -OCH3 is 1. The number of likely N-dealkylation sites (tertiary alicyclic amines) is 1. The van der Waals surface area contributed by atoms with Gasteiger partial charge < -0.3 is 75.6 Å². The number of carbonyl (C=O) groups excluding carboxylic acids is 13. The largest absolute Gasteiger partial charge is 0.496 e. The van der Waals surface area contributed by atoms with Crippen LogP contribution in [-0.2, 0) is 70.4 Å². The molecule has 0 aromatic heterocycles. The van der Waals surface area contributed by atoms with Crippen LogP contribution in [0.2, 0.25) is 0 Å². The number of nitrogens with one attached hydrogen (secondary N) is 5. The molecule has 2 aliphatic heterocycles. The molecule has 11 atom stereocenters. The van der Waals surface area contributed by atoms with Crippen molar-refractivity contribution in [1.82, 2.24) is 65.8 Å². The first kappa shape index (κ1) is 88.7. The van der Waals surface area contributed by atoms with E-state index < -0.39 is 162 Å². The fourth-order valence-corrected chi connectivity index (χ4v) is 13.5. The van der Waals surface area contributed by atoms with Crippen LogP contribution in [0.5, 0.6) is 5.75 Å². The highest BCUT2D eigenvalue weighted by molar-refractivity contribution is 6.01. The van der Waals surface area contributed by atoms with E-state index in [1.54, 1.807) is 74.2 Å². The van der Waals surface area contributed by atoms with Crippen molar-refractivity contribution in [2.75, 3.05) is 83.1 Å². The number of aliphatic hydroxyl groups is 1. The Kier molecular flexibility index (Phi) is 34.9. The molecule has 4 rings (SSSR count). The maximum absolute atomic E-state index is 15.6. The normalized spacial score (nSPS) is 24.4. The summed E-state index contributed by atoms with van der Waals surface area (Å²) in [6.07, 6.45) is 0.162. The Morgan fingerprint density at radius 3 is 1.49 bits per heavy atom. The lowest BCUT2D eigenvalue weighted by Gasteiger charge is -2.39. The lowest BCUT2D eigenvalue weighted by Crippen LogP contribution is -2.62. The first-order chi connectivity index (χ1) is 49.2. The molecule has 2 heterocycles. The monoisotopic (exact) mass is 1470 g/mol. The van der Waals surface area contributed by atoms with Gasteiger partial charge in [-0.2, -0.15) is 0 Å². The third kappa shape index (κ3) is 24.7. The van der Waals surface area contributed by atoms with Gasteiger partial charge in [-0.05, 0) is 124 Å². The lowest BCUT2D eigenvalue weighted by atomic mass is 9.95. The van der Waals surface area contributed by atoms with Crippen LogP contribution in [0.3, 0.4) is 0 Å². The zero-order valence-corrected chi connectivity index (χ0v) is 66.2. The van der Waals surface area contributed by atoms with E-state index in [0.29, 0.717) is 37.1 Å². The molecule has 0 saturated carbocycles. The van der Waals surface area contributed by atoms with Crippen molar-refractivity contribution in [3.8, 4) is 5.75 Å². The molecule has 13 amide bonds. The smallest absolute Gasteiger partial charge is 0.254 e. The van der Waals surface area contributed by atoms with Gasteiger partial charge >= 0.3 is 0 Å². The van der Waals surface area contributed by atoms with Crippen molar-refractivity contribution >= 4 is 76.8 Å². The summed E-state index contributed by atoms with van der Waals surface area (Å²) < 4.78 is 5.60. The second kappa shape index (κ2) is 41.3. The second-order valence-corrected chi connectivity index (χ2v) is 30.5. The predicted molar refractivity (Wildman–Crippen MR) is 399 cm³/mol. The number of hydrogen-bond donors (Lipinski definition) is 6. The predicted octanol–water partition coefficient (Wildman–Crippen LogP) is 3.64. The number of nitrogens with zero attached hydrogens (tertiary/aromatic N) is 8. The molecule has 0 radical (unpaired) electrons. The molecule has 6 N–H and O–H groups in total. The third-order valence-electron chi connectivity index (χ3n) is 20.0. The Balaban J connectivity index is 2.01. The molecule has 28 heteroatoms. The van der Waals surface area contributed by atoms with Crippen LogP contribution in [0.1, 0.15) is 169 Å². The van der Waals surface area contributed by atoms with E-state index in [4.69, 9.17) is 4.74 Å². The minimum atomic E-state index is -1.68. The Bertz CT molecular complexity index is 3320. The van der Waals surface area contributed by atoms with E-state index in [0.717, 1.165) is 21.1 Å². The Morgan fingerprint density at radius 1 is 0.524 bits per heavy atom. The first-order valence-corrected chi connectivity index (χ1v) is 37.2. The molecule has 0 spiro atoms. The maximum Gasteiger partial charge on any atom is 0.254 e. The molecule has 28 nitrogen and oxygen atoms in total. The average Bonchev–Trinajstić information content (AvgIpc) is 0.810. The van der Waals surface area contributed by atoms with Crippen LogP contribution in [-0.4, -0.2) is 271 Å². The van der Waals surface area contributed by atoms with Gasteiger partial charge in [0.25, 0.3) is 5.91 Å². The highest BCUT2D eigenvalue weighted by Gasteiger charge is 2.44. The quantitative estimate of drug-likeness (QED) is 0.117. The van der Waals surface area contributed by atoms with Gasteiger partial charge in [-0.3, -0.25) is 62.3 Å². The summed E-state index contributed by atoms with van der Waals surface area (Å²) in [6, 6.07) is 0.170. The minimum Gasteiger partial charge on any atom is -0.496 e. The van der Waals surface area contributed by atoms with Crippen LogP contribution in [0.15, 0.2) is 48.5 Å². The van der Waals surface area contributed by atoms with Crippen molar-refractivity contribution in [3.05, 3.63) is 65.2 Å². The SMILES string of the molecule is CC[C@H]1C(=O)N[C@@H](CCc2ccc(C(=O)NC)c(OC)c2)C(=O)N(C)[C@@H](CC(C)C)C(=O)N(C)[C@@H](CC(C)C)C(=O)N[C@@H](C(C)C)C(=O)N(C)[C@@H](Cc2ccccc2)C(=O)N(C)[C@@H](CC(C)C)C(=O)N[C@@H]([C@@H](C)O)C(=O)N(C)CC(=O)N(C)[C@@H](CC(C)C)C(=O)N[C@H](C(=O)N2CCCCC2)CC(=O)N1C. The van der Waals surface area contributed by atoms with E-state index >= 15 is 28.8 Å². The van der Waals surface area contributed by atoms with Crippen LogP contribution in [0.25, 0.3) is 0 Å². The Hall–Kier alpha value is -8.69. The third-order valence-corrected chi connectivity index (χ3v) is 20.0. The summed E-state index contributed by atoms with van der Waals surface area (Å²) in [7, 11) is 12.6. The average molecular weight is 1470 g/mol. The van der Waals surface area contributed by atoms with Gasteiger partial charge in [0.1, 0.15) is 66.2 Å². The van der Waals surface area contributed by atoms with Crippen LogP contribution in [0.4, 0.5) is 0 Å². The molecular weight excluding hydrogens is 1350 g/mol. The second-order valence-electron chi connectivity index (χ2n) is 30.5. The number of rotatable bonds is 19. The number of hydrogen-bond acceptors (Lipinski definition) is 15. The van der Waals surface area contributed by atoms with Crippen molar-refractivity contribution in [2.24, 2.45) is 29.6 Å². The number of likely N-dealkylation sites (N-methyl/N-ethyl adjacent to an activating group) is 7. The molecule has 0 unspecified atom stereocenters. The molecular formula is C77H123N13O15. The standard InChI is InChI=1S/C77H123N13O15/c1-22-56-68(95)79-54(34-32-52-31-33-53(67(94)78-13)62(42-52)105-21)72(99)88(19)60(40-48(8)9)74(101)86(17)58(38-46(4)5)70(97)81-65(49(10)11)77(104)89(20)61(41-51-29-25-23-26-30-51)75(102)87(18)59(39-47(6)7)71(98)82-66(50(12)91)76(103)83(14)44-64(93)85(16)57(37-45(2)3)69(96)80-55(43-63(92)84(56)15)73(100)90-35-27-24-28-36-90/h23,25-26,29-31,33,42,45-50,54-61,65-66,91H,22,24,27-28,32,34-41,43-44H2,1-21H3,(H,78,94)(H,79,95)(H,80,96)(H,81,97)(H,82,98)/t50-,54+,55+,56+,57+,58+,59+,60+,61+,65+,66+/m1/s1. The zero-order chi connectivity index (χ0) is 79.2. The number of ether oxygens (including phenoxy) is 1. The van der Waals surface area contributed by atoms with Crippen LogP contribution >= 0.6 is 0 Å². The molecule has 2 fully saturated rings. The van der Waals surface area contributed by atoms with E-state index in [9.17, 15) is 38.7 Å². The minimum absolute atomic E-state index is 0.00871. The van der Waals surface area contributed by atoms with Gasteiger partial charge in [0.15, 0.2) is 0 Å². The Morgan fingerprint density at radius 2 is 0.990 bits per heavy atom. The summed E-state index contributed by atoms with van der Waals surface area (Å²) in [6.45, 7) is 21.1. The summed E-state index contributed by atoms with van der Waals surface area (Å²) in [5, 5.41) is 25.2. The van der Waals surface area contributed by atoms with Crippen molar-refractivity contribution < 1.29 is 72.2 Å². The maximum atomic E-state index is 15.6. The number of aliphatic hydroxyl groups excluding tert-OH is 1. The highest BCUT2D eigenvalue weighted by Crippen LogP contribution is 2.26. The number of piperidine rings is 1. The number of aryl methyl sites for hydroxylation is 1. The molecule has 0 aliphatic carbocycles. The topological polar surface area (TPSA) is 337 Å². The number of carbonyl (C=O) groups is 13. The summed E-state index contributed by atoms with van der Waals surface area (Å²) in [5.74, 6) is -10.5. The lowest BCUT2D eigenvalue weighted by molar-refractivity contribution is -0.152. The van der Waals surface area contributed by atoms with Gasteiger partial charge in [0, 0.05) is 75.9 Å². The fraction of sp³-hybridized carbons (Fsp3) is 0.675. The van der Waals surface area contributed by atoms with E-state index in [1.165, 1.54) is 90.0 Å². The number of amides is 13. The van der Waals surface area contributed by atoms with Gasteiger partial charge in [-0.25, -0.2) is 0 Å². The molecule has 2 saturated heterocycles. The van der Waals surface area contributed by atoms with E-state index in [2.05, 4.69) is 26.6 Å². The molecule has 0 bridgehead atoms. The summed E-state index contributed by atoms with van der Waals surface area (Å²) in [4.78, 5) is 203. The van der Waals surface area contributed by atoms with Crippen molar-refractivity contribution in [1.29, 1.82) is 0 Å². The summed E-state index contributed by atoms with van der Waals surface area (Å²) in [5.41, 5.74) is 1.50. The molecule has 2 aliphatic rings. The fourth-order valence-electron chi connectivity index (χ4n) is 13.5. The van der Waals surface area contributed by atoms with Crippen LogP contribution in [0, 0.1) is 29.6 Å². The zero-order valence-electron chi connectivity index (χ0n) is 66.2. The molecule has 105 heavy (non-hydrogen) atoms. The van der Waals surface area contributed by atoms with Crippen molar-refractivity contribution in [3.63, 3.8) is 0 Å². The number of benzene rings is 2. The van der Waals surface area contributed by atoms with E-state index in [1.807, 2.05) is 55.4 Å². The van der Waals surface area contributed by atoms with Gasteiger partial charge in [0.2, 0.25) is 70.9 Å². The molecule has 2 aromatic carbocycles. The van der Waals surface area contributed by atoms with Gasteiger partial charge in [0.05, 0.1) is 31.7 Å². The van der Waals surface area contributed by atoms with Crippen molar-refractivity contribution in [2.45, 2.75) is 227 Å². The van der Waals surface area contributed by atoms with Gasteiger partial charge in [-0.1, -0.05) is 113 Å². The van der Waals surface area contributed by atoms with E-state index in [-0.39, 0.29) is 86.4 Å². The Labute approximate surface area is 622 Å². The summed E-state index contributed by atoms with van der Waals surface area (Å²) >= 11 is 0. The molecule has 2 aromatic rings.